The maximum absolute atomic E-state index is 12.7. The Bertz CT molecular complexity index is 1140. The Balaban J connectivity index is 1.80. The number of carbonyl (C=O) groups excluding carboxylic acids is 1. The first-order valence-electron chi connectivity index (χ1n) is 7.91. The van der Waals surface area contributed by atoms with Gasteiger partial charge in [0.1, 0.15) is 4.88 Å². The minimum Gasteiger partial charge on any atom is -0.321 e. The van der Waals surface area contributed by atoms with Gasteiger partial charge < -0.3 is 5.32 Å². The molecule has 0 radical (unpaired) electrons. The summed E-state index contributed by atoms with van der Waals surface area (Å²) in [4.78, 5) is 12.2. The van der Waals surface area contributed by atoms with Crippen molar-refractivity contribution in [2.45, 2.75) is 11.1 Å². The van der Waals surface area contributed by atoms with Crippen LogP contribution in [-0.2, 0) is 16.2 Å². The molecule has 2 aromatic carbocycles. The van der Waals surface area contributed by atoms with Gasteiger partial charge in [0, 0.05) is 10.7 Å². The molecular formula is C18H12ClF3N2O3S2. The van der Waals surface area contributed by atoms with E-state index in [-0.39, 0.29) is 15.5 Å². The lowest BCUT2D eigenvalue weighted by atomic mass is 10.2. The summed E-state index contributed by atoms with van der Waals surface area (Å²) in [6.07, 6.45) is -4.57. The van der Waals surface area contributed by atoms with Crippen LogP contribution in [0.3, 0.4) is 0 Å². The minimum absolute atomic E-state index is 0.00873. The van der Waals surface area contributed by atoms with Crippen molar-refractivity contribution >= 4 is 50.2 Å². The predicted octanol–water partition coefficient (Wildman–Crippen LogP) is 5.47. The van der Waals surface area contributed by atoms with Gasteiger partial charge in [0.25, 0.3) is 15.9 Å². The van der Waals surface area contributed by atoms with Gasteiger partial charge in [-0.15, -0.1) is 11.3 Å². The number of halogens is 4. The first-order valence-corrected chi connectivity index (χ1v) is 10.6. The average molecular weight is 461 g/mol. The fourth-order valence-corrected chi connectivity index (χ4v) is 4.42. The second kappa shape index (κ2) is 8.05. The molecule has 152 valence electrons. The van der Waals surface area contributed by atoms with Crippen LogP contribution in [0.15, 0.2) is 64.9 Å². The Morgan fingerprint density at radius 1 is 1.03 bits per heavy atom. The minimum atomic E-state index is -4.57. The molecule has 0 aliphatic heterocycles. The van der Waals surface area contributed by atoms with Gasteiger partial charge in [-0.25, -0.2) is 8.42 Å². The van der Waals surface area contributed by atoms with Crippen LogP contribution in [0.2, 0.25) is 5.02 Å². The highest BCUT2D eigenvalue weighted by Crippen LogP contribution is 2.31. The number of amides is 1. The fourth-order valence-electron chi connectivity index (χ4n) is 2.35. The number of benzene rings is 2. The number of alkyl halides is 3. The average Bonchev–Trinajstić information content (AvgIpc) is 3.08. The molecule has 1 heterocycles. The van der Waals surface area contributed by atoms with E-state index in [2.05, 4.69) is 10.0 Å². The zero-order valence-corrected chi connectivity index (χ0v) is 16.7. The van der Waals surface area contributed by atoms with Gasteiger partial charge in [0.15, 0.2) is 0 Å². The van der Waals surface area contributed by atoms with Gasteiger partial charge >= 0.3 is 6.18 Å². The van der Waals surface area contributed by atoms with Crippen molar-refractivity contribution in [1.29, 1.82) is 0 Å². The third kappa shape index (κ3) is 5.08. The molecule has 0 aliphatic carbocycles. The highest BCUT2D eigenvalue weighted by atomic mass is 35.5. The predicted molar refractivity (Wildman–Crippen MR) is 106 cm³/mol. The lowest BCUT2D eigenvalue weighted by Crippen LogP contribution is -2.17. The van der Waals surface area contributed by atoms with E-state index in [0.29, 0.717) is 22.8 Å². The number of anilines is 2. The van der Waals surface area contributed by atoms with E-state index in [1.54, 1.807) is 18.2 Å². The maximum atomic E-state index is 12.7. The smallest absolute Gasteiger partial charge is 0.321 e. The standard InChI is InChI=1S/C18H12ClF3N2O3S2/c19-12-2-1-3-13(10-12)23-17(25)16-15(8-9-28-16)24-29(26,27)14-6-4-11(5-7-14)18(20,21)22/h1-10,24H,(H,23,25). The summed E-state index contributed by atoms with van der Waals surface area (Å²) in [6.45, 7) is 0. The van der Waals surface area contributed by atoms with Crippen LogP contribution in [0.25, 0.3) is 0 Å². The number of carbonyl (C=O) groups is 1. The number of sulfonamides is 1. The Morgan fingerprint density at radius 2 is 1.72 bits per heavy atom. The van der Waals surface area contributed by atoms with Crippen molar-refractivity contribution in [3.8, 4) is 0 Å². The molecule has 1 aromatic heterocycles. The largest absolute Gasteiger partial charge is 0.416 e. The first kappa shape index (κ1) is 21.2. The monoisotopic (exact) mass is 460 g/mol. The van der Waals surface area contributed by atoms with E-state index in [1.807, 2.05) is 0 Å². The summed E-state index contributed by atoms with van der Waals surface area (Å²) in [5, 5.41) is 4.53. The van der Waals surface area contributed by atoms with E-state index < -0.39 is 27.7 Å². The van der Waals surface area contributed by atoms with Crippen LogP contribution in [-0.4, -0.2) is 14.3 Å². The number of hydrogen-bond acceptors (Lipinski definition) is 4. The molecule has 0 bridgehead atoms. The van der Waals surface area contributed by atoms with Crippen molar-refractivity contribution in [2.75, 3.05) is 10.0 Å². The normalized spacial score (nSPS) is 11.9. The third-order valence-electron chi connectivity index (χ3n) is 3.69. The highest BCUT2D eigenvalue weighted by Gasteiger charge is 2.30. The fraction of sp³-hybridized carbons (Fsp3) is 0.0556. The SMILES string of the molecule is O=C(Nc1cccc(Cl)c1)c1sccc1NS(=O)(=O)c1ccc(C(F)(F)F)cc1. The number of hydrogen-bond donors (Lipinski definition) is 2. The van der Waals surface area contributed by atoms with E-state index >= 15 is 0 Å². The molecule has 29 heavy (non-hydrogen) atoms. The number of thiophene rings is 1. The third-order valence-corrected chi connectivity index (χ3v) is 6.22. The molecule has 11 heteroatoms. The molecule has 3 rings (SSSR count). The van der Waals surface area contributed by atoms with Crippen molar-refractivity contribution in [3.05, 3.63) is 75.4 Å². The highest BCUT2D eigenvalue weighted by molar-refractivity contribution is 7.92. The summed E-state index contributed by atoms with van der Waals surface area (Å²) < 4.78 is 65.2. The quantitative estimate of drug-likeness (QED) is 0.530. The van der Waals surface area contributed by atoms with Gasteiger partial charge in [-0.2, -0.15) is 13.2 Å². The maximum Gasteiger partial charge on any atom is 0.416 e. The Kier molecular flexibility index (Phi) is 5.87. The molecule has 0 unspecified atom stereocenters. The summed E-state index contributed by atoms with van der Waals surface area (Å²) >= 11 is 6.87. The first-order chi connectivity index (χ1) is 13.6. The van der Waals surface area contributed by atoms with Gasteiger partial charge in [-0.3, -0.25) is 9.52 Å². The van der Waals surface area contributed by atoms with Crippen molar-refractivity contribution < 1.29 is 26.4 Å². The van der Waals surface area contributed by atoms with Crippen LogP contribution < -0.4 is 10.0 Å². The number of nitrogens with one attached hydrogen (secondary N) is 2. The van der Waals surface area contributed by atoms with Crippen LogP contribution in [0.5, 0.6) is 0 Å². The van der Waals surface area contributed by atoms with Crippen molar-refractivity contribution in [1.82, 2.24) is 0 Å². The molecule has 1 amide bonds. The molecule has 0 fully saturated rings. The zero-order chi connectivity index (χ0) is 21.2. The van der Waals surface area contributed by atoms with Crippen LogP contribution >= 0.6 is 22.9 Å². The van der Waals surface area contributed by atoms with Gasteiger partial charge in [0.05, 0.1) is 16.1 Å². The Labute approximate surface area is 173 Å². The molecule has 0 aliphatic rings. The zero-order valence-electron chi connectivity index (χ0n) is 14.3. The van der Waals surface area contributed by atoms with Gasteiger partial charge in [-0.1, -0.05) is 17.7 Å². The van der Waals surface area contributed by atoms with E-state index in [9.17, 15) is 26.4 Å². The second-order valence-corrected chi connectivity index (χ2v) is 8.79. The lowest BCUT2D eigenvalue weighted by molar-refractivity contribution is -0.137. The molecule has 2 N–H and O–H groups in total. The molecule has 3 aromatic rings. The summed E-state index contributed by atoms with van der Waals surface area (Å²) in [7, 11) is -4.19. The van der Waals surface area contributed by atoms with Gasteiger partial charge in [0.2, 0.25) is 0 Å². The van der Waals surface area contributed by atoms with Crippen molar-refractivity contribution in [3.63, 3.8) is 0 Å². The number of rotatable bonds is 5. The van der Waals surface area contributed by atoms with Crippen molar-refractivity contribution in [2.24, 2.45) is 0 Å². The van der Waals surface area contributed by atoms with E-state index in [4.69, 9.17) is 11.6 Å². The Hall–Kier alpha value is -2.56. The lowest BCUT2D eigenvalue weighted by Gasteiger charge is -2.11. The molecule has 0 atom stereocenters. The summed E-state index contributed by atoms with van der Waals surface area (Å²) in [5.41, 5.74) is -0.532. The van der Waals surface area contributed by atoms with Crippen LogP contribution in [0, 0.1) is 0 Å². The summed E-state index contributed by atoms with van der Waals surface area (Å²) in [6, 6.07) is 10.9. The molecular weight excluding hydrogens is 449 g/mol. The van der Waals surface area contributed by atoms with Gasteiger partial charge in [-0.05, 0) is 53.9 Å². The van der Waals surface area contributed by atoms with Crippen LogP contribution in [0.1, 0.15) is 15.2 Å². The van der Waals surface area contributed by atoms with Crippen LogP contribution in [0.4, 0.5) is 24.5 Å². The molecule has 0 saturated heterocycles. The van der Waals surface area contributed by atoms with E-state index in [0.717, 1.165) is 23.5 Å². The second-order valence-electron chi connectivity index (χ2n) is 5.76. The Morgan fingerprint density at radius 3 is 2.34 bits per heavy atom. The molecule has 5 nitrogen and oxygen atoms in total. The summed E-state index contributed by atoms with van der Waals surface area (Å²) in [5.74, 6) is -0.563. The molecule has 0 spiro atoms. The molecule has 0 saturated carbocycles. The topological polar surface area (TPSA) is 75.3 Å². The van der Waals surface area contributed by atoms with E-state index in [1.165, 1.54) is 17.5 Å².